The van der Waals surface area contributed by atoms with E-state index in [0.717, 1.165) is 0 Å². The summed E-state index contributed by atoms with van der Waals surface area (Å²) in [6, 6.07) is 0. The molecule has 0 aromatic rings. The van der Waals surface area contributed by atoms with Crippen LogP contribution in [0.4, 0.5) is 0 Å². The van der Waals surface area contributed by atoms with Gasteiger partial charge < -0.3 is 29.5 Å². The molecular formula is C11H26N2O4. The van der Waals surface area contributed by atoms with Crippen LogP contribution in [0, 0.1) is 0 Å². The van der Waals surface area contributed by atoms with Gasteiger partial charge in [-0.3, -0.25) is 0 Å². The van der Waals surface area contributed by atoms with Crippen LogP contribution < -0.4 is 0 Å². The SMILES string of the molecule is CN(C)CC(O)COCCOC(O)CN(C)C. The molecule has 0 saturated heterocycles. The minimum atomic E-state index is -0.791. The summed E-state index contributed by atoms with van der Waals surface area (Å²) in [7, 11) is 7.51. The molecule has 6 heteroatoms. The first-order valence-electron chi connectivity index (χ1n) is 5.76. The molecule has 0 heterocycles. The van der Waals surface area contributed by atoms with Gasteiger partial charge in [-0.25, -0.2) is 0 Å². The van der Waals surface area contributed by atoms with Gasteiger partial charge in [-0.05, 0) is 28.2 Å². The van der Waals surface area contributed by atoms with Crippen LogP contribution in [0.15, 0.2) is 0 Å². The summed E-state index contributed by atoms with van der Waals surface area (Å²) < 4.78 is 10.3. The summed E-state index contributed by atoms with van der Waals surface area (Å²) in [5.74, 6) is 0. The zero-order valence-corrected chi connectivity index (χ0v) is 11.3. The number of likely N-dealkylation sites (N-methyl/N-ethyl adjacent to an activating group) is 2. The van der Waals surface area contributed by atoms with Crippen LogP contribution in [0.2, 0.25) is 0 Å². The topological polar surface area (TPSA) is 65.4 Å². The Bertz CT molecular complexity index is 161. The van der Waals surface area contributed by atoms with Gasteiger partial charge in [0.25, 0.3) is 0 Å². The third-order valence-corrected chi connectivity index (χ3v) is 1.95. The van der Waals surface area contributed by atoms with Crippen LogP contribution in [0.5, 0.6) is 0 Å². The second kappa shape index (κ2) is 9.76. The smallest absolute Gasteiger partial charge is 0.167 e. The molecule has 104 valence electrons. The Hall–Kier alpha value is -0.240. The number of hydrogen-bond donors (Lipinski definition) is 2. The number of rotatable bonds is 10. The van der Waals surface area contributed by atoms with Gasteiger partial charge in [0.1, 0.15) is 0 Å². The summed E-state index contributed by atoms with van der Waals surface area (Å²) in [4.78, 5) is 3.73. The van der Waals surface area contributed by atoms with E-state index in [4.69, 9.17) is 9.47 Å². The molecule has 6 nitrogen and oxygen atoms in total. The minimum Gasteiger partial charge on any atom is -0.389 e. The Morgan fingerprint density at radius 3 is 2.06 bits per heavy atom. The average molecular weight is 250 g/mol. The Morgan fingerprint density at radius 1 is 0.941 bits per heavy atom. The van der Waals surface area contributed by atoms with Crippen molar-refractivity contribution < 1.29 is 19.7 Å². The summed E-state index contributed by atoms with van der Waals surface area (Å²) in [5, 5.41) is 18.9. The van der Waals surface area contributed by atoms with E-state index in [1.54, 1.807) is 0 Å². The Labute approximate surface area is 104 Å². The maximum Gasteiger partial charge on any atom is 0.167 e. The molecule has 0 amide bonds. The second-order valence-corrected chi connectivity index (χ2v) is 4.58. The van der Waals surface area contributed by atoms with Crippen LogP contribution in [0.25, 0.3) is 0 Å². The van der Waals surface area contributed by atoms with Crippen molar-refractivity contribution in [3.63, 3.8) is 0 Å². The largest absolute Gasteiger partial charge is 0.389 e. The zero-order chi connectivity index (χ0) is 13.3. The predicted octanol–water partition coefficient (Wildman–Crippen LogP) is -1.18. The van der Waals surface area contributed by atoms with Gasteiger partial charge in [-0.1, -0.05) is 0 Å². The van der Waals surface area contributed by atoms with E-state index in [0.29, 0.717) is 26.3 Å². The molecule has 0 rings (SSSR count). The number of ether oxygens (including phenoxy) is 2. The molecule has 0 aromatic carbocycles. The Kier molecular flexibility index (Phi) is 9.62. The summed E-state index contributed by atoms with van der Waals surface area (Å²) in [6.07, 6.45) is -1.28. The fourth-order valence-electron chi connectivity index (χ4n) is 1.30. The first kappa shape index (κ1) is 16.8. The van der Waals surface area contributed by atoms with Gasteiger partial charge in [0.2, 0.25) is 0 Å². The van der Waals surface area contributed by atoms with Crippen molar-refractivity contribution in [2.75, 3.05) is 61.1 Å². The molecule has 0 aliphatic rings. The van der Waals surface area contributed by atoms with Crippen molar-refractivity contribution in [2.24, 2.45) is 0 Å². The molecule has 17 heavy (non-hydrogen) atoms. The van der Waals surface area contributed by atoms with Gasteiger partial charge in [0, 0.05) is 13.1 Å². The Balaban J connectivity index is 3.34. The van der Waals surface area contributed by atoms with E-state index in [2.05, 4.69) is 0 Å². The highest BCUT2D eigenvalue weighted by Crippen LogP contribution is 1.91. The van der Waals surface area contributed by atoms with Crippen LogP contribution in [0.3, 0.4) is 0 Å². The molecule has 0 aliphatic heterocycles. The second-order valence-electron chi connectivity index (χ2n) is 4.58. The highest BCUT2D eigenvalue weighted by atomic mass is 16.6. The summed E-state index contributed by atoms with van der Waals surface area (Å²) in [6.45, 7) is 2.01. The molecule has 0 saturated carbocycles. The molecule has 0 aliphatic carbocycles. The van der Waals surface area contributed by atoms with Gasteiger partial charge in [0.15, 0.2) is 6.29 Å². The summed E-state index contributed by atoms with van der Waals surface area (Å²) >= 11 is 0. The molecule has 2 N–H and O–H groups in total. The van der Waals surface area contributed by atoms with E-state index in [1.165, 1.54) is 0 Å². The summed E-state index contributed by atoms with van der Waals surface area (Å²) in [5.41, 5.74) is 0. The lowest BCUT2D eigenvalue weighted by Crippen LogP contribution is -2.31. The molecule has 0 aromatic heterocycles. The van der Waals surface area contributed by atoms with Gasteiger partial charge in [-0.15, -0.1) is 0 Å². The molecule has 2 unspecified atom stereocenters. The number of aliphatic hydroxyl groups is 2. The lowest BCUT2D eigenvalue weighted by molar-refractivity contribution is -0.122. The van der Waals surface area contributed by atoms with E-state index >= 15 is 0 Å². The van der Waals surface area contributed by atoms with Crippen molar-refractivity contribution in [2.45, 2.75) is 12.4 Å². The standard InChI is InChI=1S/C11H26N2O4/c1-12(2)7-10(14)9-16-5-6-17-11(15)8-13(3)4/h10-11,14-15H,5-9H2,1-4H3. The van der Waals surface area contributed by atoms with Crippen LogP contribution in [-0.4, -0.2) is 93.5 Å². The van der Waals surface area contributed by atoms with Gasteiger partial charge >= 0.3 is 0 Å². The highest BCUT2D eigenvalue weighted by molar-refractivity contribution is 4.56. The van der Waals surface area contributed by atoms with Gasteiger partial charge in [-0.2, -0.15) is 0 Å². The number of aliphatic hydroxyl groups excluding tert-OH is 2. The van der Waals surface area contributed by atoms with E-state index in [1.807, 2.05) is 38.0 Å². The lowest BCUT2D eigenvalue weighted by Gasteiger charge is -2.18. The fourth-order valence-corrected chi connectivity index (χ4v) is 1.30. The molecular weight excluding hydrogens is 224 g/mol. The van der Waals surface area contributed by atoms with E-state index < -0.39 is 12.4 Å². The van der Waals surface area contributed by atoms with Crippen molar-refractivity contribution >= 4 is 0 Å². The molecule has 0 bridgehead atoms. The molecule has 2 atom stereocenters. The zero-order valence-electron chi connectivity index (χ0n) is 11.3. The first-order valence-corrected chi connectivity index (χ1v) is 5.76. The predicted molar refractivity (Wildman–Crippen MR) is 65.9 cm³/mol. The third kappa shape index (κ3) is 12.0. The molecule has 0 spiro atoms. The maximum absolute atomic E-state index is 9.48. The third-order valence-electron chi connectivity index (χ3n) is 1.95. The Morgan fingerprint density at radius 2 is 1.53 bits per heavy atom. The minimum absolute atomic E-state index is 0.283. The number of nitrogens with zero attached hydrogens (tertiary/aromatic N) is 2. The average Bonchev–Trinajstić information content (AvgIpc) is 2.14. The lowest BCUT2D eigenvalue weighted by atomic mass is 10.3. The molecule has 0 fully saturated rings. The first-order chi connectivity index (χ1) is 7.91. The van der Waals surface area contributed by atoms with Crippen LogP contribution in [-0.2, 0) is 9.47 Å². The van der Waals surface area contributed by atoms with Crippen molar-refractivity contribution in [3.05, 3.63) is 0 Å². The van der Waals surface area contributed by atoms with Crippen molar-refractivity contribution in [1.29, 1.82) is 0 Å². The van der Waals surface area contributed by atoms with Crippen molar-refractivity contribution in [1.82, 2.24) is 9.80 Å². The number of hydrogen-bond acceptors (Lipinski definition) is 6. The highest BCUT2D eigenvalue weighted by Gasteiger charge is 2.07. The monoisotopic (exact) mass is 250 g/mol. The van der Waals surface area contributed by atoms with Crippen molar-refractivity contribution in [3.8, 4) is 0 Å². The van der Waals surface area contributed by atoms with Crippen LogP contribution in [0.1, 0.15) is 0 Å². The molecule has 0 radical (unpaired) electrons. The van der Waals surface area contributed by atoms with E-state index in [-0.39, 0.29) is 6.61 Å². The normalized spacial score (nSPS) is 15.5. The van der Waals surface area contributed by atoms with E-state index in [9.17, 15) is 10.2 Å². The van der Waals surface area contributed by atoms with Gasteiger partial charge in [0.05, 0.1) is 25.9 Å². The quantitative estimate of drug-likeness (QED) is 0.376. The van der Waals surface area contributed by atoms with Crippen LogP contribution >= 0.6 is 0 Å². The fraction of sp³-hybridized carbons (Fsp3) is 1.00. The maximum atomic E-state index is 9.48.